The van der Waals surface area contributed by atoms with Gasteiger partial charge in [0, 0.05) is 35.8 Å². The summed E-state index contributed by atoms with van der Waals surface area (Å²) in [6.07, 6.45) is 3.06. The van der Waals surface area contributed by atoms with Crippen LogP contribution in [0.1, 0.15) is 22.3 Å². The molecule has 0 saturated carbocycles. The van der Waals surface area contributed by atoms with Crippen molar-refractivity contribution in [3.05, 3.63) is 110 Å². The molecule has 3 aromatic carbocycles. The van der Waals surface area contributed by atoms with Crippen LogP contribution in [0, 0.1) is 20.2 Å². The number of benzene rings is 3. The van der Waals surface area contributed by atoms with E-state index in [-0.39, 0.29) is 5.56 Å². The minimum atomic E-state index is -0.741. The summed E-state index contributed by atoms with van der Waals surface area (Å²) in [6, 6.07) is 20.3. The van der Waals surface area contributed by atoms with E-state index in [9.17, 15) is 25.0 Å². The molecule has 4 rings (SSSR count). The van der Waals surface area contributed by atoms with Gasteiger partial charge in [0.15, 0.2) is 0 Å². The summed E-state index contributed by atoms with van der Waals surface area (Å²) >= 11 is 0. The molecule has 0 atom stereocenters. The maximum Gasteiger partial charge on any atom is 0.277 e. The van der Waals surface area contributed by atoms with Gasteiger partial charge in [-0.05, 0) is 24.5 Å². The highest BCUT2D eigenvalue weighted by Crippen LogP contribution is 2.30. The van der Waals surface area contributed by atoms with Crippen molar-refractivity contribution < 1.29 is 14.6 Å². The molecule has 9 nitrogen and oxygen atoms in total. The smallest absolute Gasteiger partial charge is 0.277 e. The molecule has 0 unspecified atom stereocenters. The lowest BCUT2D eigenvalue weighted by Crippen LogP contribution is -2.32. The number of aryl methyl sites for hydroxylation is 1. The normalized spacial score (nSPS) is 10.8. The van der Waals surface area contributed by atoms with E-state index in [2.05, 4.69) is 4.98 Å². The number of carbonyl (C=O) groups excluding carboxylic acids is 1. The molecule has 0 aliphatic heterocycles. The summed E-state index contributed by atoms with van der Waals surface area (Å²) < 4.78 is 0. The fraction of sp³-hybridized carbons (Fsp3) is 0.125. The second-order valence-corrected chi connectivity index (χ2v) is 7.52. The first-order valence-electron chi connectivity index (χ1n) is 10.3. The van der Waals surface area contributed by atoms with Crippen molar-refractivity contribution in [2.24, 2.45) is 0 Å². The van der Waals surface area contributed by atoms with Crippen molar-refractivity contribution in [2.75, 3.05) is 11.4 Å². The number of nitro benzene ring substituents is 2. The zero-order valence-corrected chi connectivity index (χ0v) is 17.5. The Bertz CT molecular complexity index is 1300. The van der Waals surface area contributed by atoms with Crippen LogP contribution in [0.25, 0.3) is 10.9 Å². The highest BCUT2D eigenvalue weighted by Gasteiger charge is 2.25. The Balaban J connectivity index is 1.71. The third-order valence-electron chi connectivity index (χ3n) is 5.36. The first kappa shape index (κ1) is 21.7. The van der Waals surface area contributed by atoms with Gasteiger partial charge in [-0.15, -0.1) is 0 Å². The van der Waals surface area contributed by atoms with Crippen LogP contribution in [0.5, 0.6) is 0 Å². The van der Waals surface area contributed by atoms with Gasteiger partial charge in [0.2, 0.25) is 0 Å². The molecule has 1 aromatic heterocycles. The molecule has 33 heavy (non-hydrogen) atoms. The maximum atomic E-state index is 13.5. The van der Waals surface area contributed by atoms with Gasteiger partial charge in [0.05, 0.1) is 27.2 Å². The van der Waals surface area contributed by atoms with Gasteiger partial charge < -0.3 is 9.88 Å². The number of hydrogen-bond acceptors (Lipinski definition) is 5. The monoisotopic (exact) mass is 444 g/mol. The van der Waals surface area contributed by atoms with Crippen LogP contribution in [-0.4, -0.2) is 27.3 Å². The van der Waals surface area contributed by atoms with E-state index in [0.29, 0.717) is 18.7 Å². The van der Waals surface area contributed by atoms with E-state index in [4.69, 9.17) is 0 Å². The van der Waals surface area contributed by atoms with Crippen LogP contribution >= 0.6 is 0 Å². The molecule has 0 bridgehead atoms. The number of aromatic nitrogens is 1. The molecule has 0 saturated heterocycles. The number of hydrogen-bond donors (Lipinski definition) is 1. The number of anilines is 1. The molecular formula is C24H20N4O5. The summed E-state index contributed by atoms with van der Waals surface area (Å²) in [7, 11) is 0. The number of fused-ring (bicyclic) bond motifs is 1. The van der Waals surface area contributed by atoms with Crippen LogP contribution in [-0.2, 0) is 6.42 Å². The number of non-ortho nitro benzene ring substituents is 2. The fourth-order valence-corrected chi connectivity index (χ4v) is 3.78. The minimum absolute atomic E-state index is 0.110. The summed E-state index contributed by atoms with van der Waals surface area (Å²) in [5, 5.41) is 23.4. The molecule has 0 aliphatic carbocycles. The van der Waals surface area contributed by atoms with E-state index in [1.165, 1.54) is 4.90 Å². The number of nitrogens with zero attached hydrogens (tertiary/aromatic N) is 3. The summed E-state index contributed by atoms with van der Waals surface area (Å²) in [4.78, 5) is 39.3. The number of nitro groups is 2. The Hall–Kier alpha value is -4.53. The highest BCUT2D eigenvalue weighted by atomic mass is 16.6. The van der Waals surface area contributed by atoms with Crippen LogP contribution < -0.4 is 4.90 Å². The van der Waals surface area contributed by atoms with E-state index in [1.54, 1.807) is 6.20 Å². The number of para-hydroxylation sites is 1. The first-order valence-corrected chi connectivity index (χ1v) is 10.3. The van der Waals surface area contributed by atoms with Crippen molar-refractivity contribution >= 4 is 33.9 Å². The van der Waals surface area contributed by atoms with E-state index in [1.807, 2.05) is 54.6 Å². The van der Waals surface area contributed by atoms with Crippen molar-refractivity contribution in [3.63, 3.8) is 0 Å². The van der Waals surface area contributed by atoms with Gasteiger partial charge in [-0.25, -0.2) is 0 Å². The van der Waals surface area contributed by atoms with Gasteiger partial charge in [0.25, 0.3) is 17.3 Å². The summed E-state index contributed by atoms with van der Waals surface area (Å²) in [6.45, 7) is 0.325. The van der Waals surface area contributed by atoms with Crippen LogP contribution in [0.4, 0.5) is 17.1 Å². The van der Waals surface area contributed by atoms with Crippen LogP contribution in [0.2, 0.25) is 0 Å². The van der Waals surface area contributed by atoms with Crippen LogP contribution in [0.15, 0.2) is 79.0 Å². The minimum Gasteiger partial charge on any atom is -0.359 e. The van der Waals surface area contributed by atoms with E-state index >= 15 is 0 Å². The second kappa shape index (κ2) is 9.31. The quantitative estimate of drug-likeness (QED) is 0.293. The lowest BCUT2D eigenvalue weighted by Gasteiger charge is -2.22. The standard InChI is InChI=1S/C24H20N4O5/c29-24(18-13-19(27(30)31)15-20(14-18)28(32)33)26(12-6-9-17-7-2-1-3-8-17)23-16-25-22-11-5-4-10-21(22)23/h1-5,7-8,10-11,13-16,25H,6,9,12H2. The molecule has 1 heterocycles. The average Bonchev–Trinajstić information content (AvgIpc) is 3.25. The third-order valence-corrected chi connectivity index (χ3v) is 5.36. The Morgan fingerprint density at radius 2 is 1.52 bits per heavy atom. The Morgan fingerprint density at radius 3 is 2.18 bits per heavy atom. The lowest BCUT2D eigenvalue weighted by molar-refractivity contribution is -0.394. The first-order chi connectivity index (χ1) is 15.9. The summed E-state index contributed by atoms with van der Waals surface area (Å²) in [5.41, 5.74) is 1.44. The molecule has 4 aromatic rings. The number of rotatable bonds is 8. The SMILES string of the molecule is O=C(c1cc([N+](=O)[O-])cc([N+](=O)[O-])c1)N(CCCc1ccccc1)c1c[nH]c2ccccc12. The van der Waals surface area contributed by atoms with Crippen molar-refractivity contribution in [1.82, 2.24) is 4.98 Å². The van der Waals surface area contributed by atoms with Gasteiger partial charge >= 0.3 is 0 Å². The predicted octanol–water partition coefficient (Wildman–Crippen LogP) is 5.26. The van der Waals surface area contributed by atoms with Crippen molar-refractivity contribution in [2.45, 2.75) is 12.8 Å². The third kappa shape index (κ3) is 4.72. The number of carbonyl (C=O) groups is 1. The Kier molecular flexibility index (Phi) is 6.12. The average molecular weight is 444 g/mol. The maximum absolute atomic E-state index is 13.5. The zero-order chi connectivity index (χ0) is 23.4. The lowest BCUT2D eigenvalue weighted by atomic mass is 10.1. The summed E-state index contributed by atoms with van der Waals surface area (Å²) in [5.74, 6) is -0.542. The van der Waals surface area contributed by atoms with Gasteiger partial charge in [-0.3, -0.25) is 25.0 Å². The highest BCUT2D eigenvalue weighted by molar-refractivity contribution is 6.11. The largest absolute Gasteiger partial charge is 0.359 e. The van der Waals surface area contributed by atoms with E-state index in [0.717, 1.165) is 41.1 Å². The zero-order valence-electron chi connectivity index (χ0n) is 17.5. The van der Waals surface area contributed by atoms with Crippen molar-refractivity contribution in [3.8, 4) is 0 Å². The molecule has 0 spiro atoms. The van der Waals surface area contributed by atoms with Gasteiger partial charge in [-0.2, -0.15) is 0 Å². The molecular weight excluding hydrogens is 424 g/mol. The Morgan fingerprint density at radius 1 is 0.879 bits per heavy atom. The van der Waals surface area contributed by atoms with Crippen molar-refractivity contribution in [1.29, 1.82) is 0 Å². The predicted molar refractivity (Wildman–Crippen MR) is 124 cm³/mol. The number of aromatic amines is 1. The van der Waals surface area contributed by atoms with Gasteiger partial charge in [-0.1, -0.05) is 48.5 Å². The topological polar surface area (TPSA) is 122 Å². The fourth-order valence-electron chi connectivity index (χ4n) is 3.78. The number of H-pyrrole nitrogens is 1. The molecule has 9 heteroatoms. The molecule has 1 amide bonds. The van der Waals surface area contributed by atoms with Crippen LogP contribution in [0.3, 0.4) is 0 Å². The molecule has 1 N–H and O–H groups in total. The molecule has 0 aliphatic rings. The molecule has 0 fully saturated rings. The van der Waals surface area contributed by atoms with Gasteiger partial charge in [0.1, 0.15) is 0 Å². The molecule has 166 valence electrons. The molecule has 0 radical (unpaired) electrons. The Labute approximate surface area is 188 Å². The van der Waals surface area contributed by atoms with E-state index < -0.39 is 27.1 Å². The second-order valence-electron chi connectivity index (χ2n) is 7.52. The number of nitrogens with one attached hydrogen (secondary N) is 1. The number of amides is 1.